The Kier molecular flexibility index (Phi) is 6.95. The molecule has 0 aromatic heterocycles. The second kappa shape index (κ2) is 9.20. The van der Waals surface area contributed by atoms with Crippen molar-refractivity contribution in [3.63, 3.8) is 0 Å². The Labute approximate surface area is 165 Å². The number of nitrogens with zero attached hydrogens (tertiary/aromatic N) is 1. The topological polar surface area (TPSA) is 50.8 Å². The molecule has 1 atom stereocenters. The van der Waals surface area contributed by atoms with Crippen molar-refractivity contribution in [1.29, 1.82) is 0 Å². The first-order valence-corrected chi connectivity index (χ1v) is 10.4. The zero-order chi connectivity index (χ0) is 17.1. The molecule has 2 heterocycles. The van der Waals surface area contributed by atoms with Crippen LogP contribution in [-0.2, 0) is 4.79 Å². The van der Waals surface area contributed by atoms with Crippen molar-refractivity contribution in [2.24, 2.45) is 0 Å². The molecule has 1 unspecified atom stereocenters. The van der Waals surface area contributed by atoms with E-state index < -0.39 is 0 Å². The number of thioether (sulfide) groups is 1. The molecule has 1 aliphatic carbocycles. The third kappa shape index (κ3) is 4.41. The molecule has 2 aliphatic heterocycles. The van der Waals surface area contributed by atoms with E-state index in [2.05, 4.69) is 11.4 Å². The van der Waals surface area contributed by atoms with Gasteiger partial charge >= 0.3 is 0 Å². The third-order valence-electron chi connectivity index (χ3n) is 5.26. The molecular formula is C19H27ClN2O3S. The molecule has 4 rings (SSSR count). The maximum Gasteiger partial charge on any atom is 0.233 e. The summed E-state index contributed by atoms with van der Waals surface area (Å²) in [5.41, 5.74) is 1.13. The van der Waals surface area contributed by atoms with Gasteiger partial charge in [0.05, 0.1) is 5.75 Å². The van der Waals surface area contributed by atoms with Gasteiger partial charge in [-0.15, -0.1) is 24.2 Å². The highest BCUT2D eigenvalue weighted by molar-refractivity contribution is 8.00. The van der Waals surface area contributed by atoms with E-state index in [0.29, 0.717) is 11.8 Å². The zero-order valence-corrected chi connectivity index (χ0v) is 16.6. The molecule has 1 aromatic rings. The Hall–Kier alpha value is -1.11. The monoisotopic (exact) mass is 398 g/mol. The van der Waals surface area contributed by atoms with Gasteiger partial charge in [0.25, 0.3) is 0 Å². The van der Waals surface area contributed by atoms with Crippen molar-refractivity contribution in [1.82, 2.24) is 10.2 Å². The molecular weight excluding hydrogens is 372 g/mol. The summed E-state index contributed by atoms with van der Waals surface area (Å²) in [7, 11) is 0. The van der Waals surface area contributed by atoms with Crippen molar-refractivity contribution in [2.45, 2.75) is 49.9 Å². The molecule has 1 aromatic carbocycles. The van der Waals surface area contributed by atoms with Gasteiger partial charge in [-0.2, -0.15) is 0 Å². The van der Waals surface area contributed by atoms with E-state index >= 15 is 0 Å². The molecule has 26 heavy (non-hydrogen) atoms. The number of nitrogens with one attached hydrogen (secondary N) is 1. The normalized spacial score (nSPS) is 22.5. The predicted molar refractivity (Wildman–Crippen MR) is 106 cm³/mol. The van der Waals surface area contributed by atoms with Crippen LogP contribution in [0.4, 0.5) is 0 Å². The van der Waals surface area contributed by atoms with Crippen LogP contribution in [0, 0.1) is 0 Å². The second-order valence-electron chi connectivity index (χ2n) is 7.01. The van der Waals surface area contributed by atoms with Crippen molar-refractivity contribution in [3.8, 4) is 11.5 Å². The minimum atomic E-state index is 0. The molecule has 0 spiro atoms. The van der Waals surface area contributed by atoms with Gasteiger partial charge in [0.1, 0.15) is 5.37 Å². The standard InChI is InChI=1S/C19H26N2O3S.ClH/c22-18-12-25-19(14-7-8-16-17(11-14)24-13-23-16)21(18)10-4-9-20-15-5-2-1-3-6-15;/h7-8,11,15,19-20H,1-6,9-10,12-13H2;1H. The highest BCUT2D eigenvalue weighted by Gasteiger charge is 2.33. The number of hydrogen-bond donors (Lipinski definition) is 1. The van der Waals surface area contributed by atoms with E-state index in [4.69, 9.17) is 9.47 Å². The summed E-state index contributed by atoms with van der Waals surface area (Å²) < 4.78 is 10.9. The van der Waals surface area contributed by atoms with Gasteiger partial charge in [-0.1, -0.05) is 25.3 Å². The lowest BCUT2D eigenvalue weighted by Crippen LogP contribution is -2.35. The van der Waals surface area contributed by atoms with Crippen LogP contribution in [0.15, 0.2) is 18.2 Å². The van der Waals surface area contributed by atoms with Crippen LogP contribution in [0.5, 0.6) is 11.5 Å². The number of carbonyl (C=O) groups excluding carboxylic acids is 1. The zero-order valence-electron chi connectivity index (χ0n) is 14.9. The smallest absolute Gasteiger partial charge is 0.233 e. The number of halogens is 1. The highest BCUT2D eigenvalue weighted by Crippen LogP contribution is 2.42. The number of benzene rings is 1. The maximum absolute atomic E-state index is 12.3. The van der Waals surface area contributed by atoms with E-state index in [1.54, 1.807) is 11.8 Å². The highest BCUT2D eigenvalue weighted by atomic mass is 35.5. The maximum atomic E-state index is 12.3. The fraction of sp³-hybridized carbons (Fsp3) is 0.632. The fourth-order valence-electron chi connectivity index (χ4n) is 3.90. The van der Waals surface area contributed by atoms with Crippen molar-refractivity contribution >= 4 is 30.1 Å². The number of hydrogen-bond acceptors (Lipinski definition) is 5. The van der Waals surface area contributed by atoms with Crippen LogP contribution in [0.2, 0.25) is 0 Å². The summed E-state index contributed by atoms with van der Waals surface area (Å²) in [6.45, 7) is 2.09. The average molecular weight is 399 g/mol. The largest absolute Gasteiger partial charge is 0.454 e. The van der Waals surface area contributed by atoms with Crippen LogP contribution < -0.4 is 14.8 Å². The molecule has 3 aliphatic rings. The minimum absolute atomic E-state index is 0. The summed E-state index contributed by atoms with van der Waals surface area (Å²) in [5.74, 6) is 2.39. The first-order valence-electron chi connectivity index (χ1n) is 9.35. The van der Waals surface area contributed by atoms with Gasteiger partial charge in [0.2, 0.25) is 12.7 Å². The molecule has 1 amide bonds. The summed E-state index contributed by atoms with van der Waals surface area (Å²) in [5, 5.41) is 3.76. The van der Waals surface area contributed by atoms with Gasteiger partial charge in [0.15, 0.2) is 11.5 Å². The molecule has 5 nitrogen and oxygen atoms in total. The Morgan fingerprint density at radius 1 is 1.15 bits per heavy atom. The lowest BCUT2D eigenvalue weighted by molar-refractivity contribution is -0.128. The first kappa shape index (κ1) is 19.6. The van der Waals surface area contributed by atoms with E-state index in [-0.39, 0.29) is 30.5 Å². The van der Waals surface area contributed by atoms with Crippen molar-refractivity contribution in [3.05, 3.63) is 23.8 Å². The van der Waals surface area contributed by atoms with Crippen LogP contribution in [-0.4, -0.2) is 42.5 Å². The predicted octanol–water partition coefficient (Wildman–Crippen LogP) is 3.72. The summed E-state index contributed by atoms with van der Waals surface area (Å²) >= 11 is 1.70. The fourth-order valence-corrected chi connectivity index (χ4v) is 5.11. The molecule has 7 heteroatoms. The van der Waals surface area contributed by atoms with E-state index in [0.717, 1.165) is 36.6 Å². The molecule has 144 valence electrons. The second-order valence-corrected chi connectivity index (χ2v) is 8.07. The van der Waals surface area contributed by atoms with Crippen LogP contribution >= 0.6 is 24.2 Å². The summed E-state index contributed by atoms with van der Waals surface area (Å²) in [6, 6.07) is 6.70. The molecule has 0 bridgehead atoms. The quantitative estimate of drug-likeness (QED) is 0.740. The Morgan fingerprint density at radius 3 is 2.81 bits per heavy atom. The minimum Gasteiger partial charge on any atom is -0.454 e. The Bertz CT molecular complexity index is 625. The first-order chi connectivity index (χ1) is 12.3. The van der Waals surface area contributed by atoms with Gasteiger partial charge in [-0.05, 0) is 43.5 Å². The molecule has 0 radical (unpaired) electrons. The van der Waals surface area contributed by atoms with Gasteiger partial charge in [-0.25, -0.2) is 0 Å². The van der Waals surface area contributed by atoms with E-state index in [9.17, 15) is 4.79 Å². The Balaban J connectivity index is 0.00000196. The van der Waals surface area contributed by atoms with Crippen LogP contribution in [0.3, 0.4) is 0 Å². The van der Waals surface area contributed by atoms with Gasteiger partial charge in [-0.3, -0.25) is 4.79 Å². The SMILES string of the molecule is Cl.O=C1CSC(c2ccc3c(c2)OCO3)N1CCCNC1CCCCC1. The van der Waals surface area contributed by atoms with Crippen molar-refractivity contribution in [2.75, 3.05) is 25.6 Å². The van der Waals surface area contributed by atoms with Gasteiger partial charge < -0.3 is 19.7 Å². The number of ether oxygens (including phenoxy) is 2. The number of fused-ring (bicyclic) bond motifs is 1. The number of rotatable bonds is 6. The molecule has 2 fully saturated rings. The average Bonchev–Trinajstić information content (AvgIpc) is 3.25. The lowest BCUT2D eigenvalue weighted by atomic mass is 9.95. The molecule has 1 saturated heterocycles. The van der Waals surface area contributed by atoms with Crippen molar-refractivity contribution < 1.29 is 14.3 Å². The van der Waals surface area contributed by atoms with Gasteiger partial charge in [0, 0.05) is 12.6 Å². The lowest BCUT2D eigenvalue weighted by Gasteiger charge is -2.26. The van der Waals surface area contributed by atoms with E-state index in [1.165, 1.54) is 32.1 Å². The summed E-state index contributed by atoms with van der Waals surface area (Å²) in [6.07, 6.45) is 7.70. The third-order valence-corrected chi connectivity index (χ3v) is 6.52. The van der Waals surface area contributed by atoms with Crippen LogP contribution in [0.1, 0.15) is 49.5 Å². The Morgan fingerprint density at radius 2 is 1.96 bits per heavy atom. The van der Waals surface area contributed by atoms with E-state index in [1.807, 2.05) is 17.0 Å². The molecule has 1 saturated carbocycles. The van der Waals surface area contributed by atoms with Crippen LogP contribution in [0.25, 0.3) is 0 Å². The summed E-state index contributed by atoms with van der Waals surface area (Å²) in [4.78, 5) is 14.3. The molecule has 1 N–H and O–H groups in total. The number of amides is 1. The number of carbonyl (C=O) groups is 1.